The minimum Gasteiger partial charge on any atom is -0.478 e. The fourth-order valence-electron chi connectivity index (χ4n) is 3.03. The van der Waals surface area contributed by atoms with E-state index in [9.17, 15) is 9.90 Å². The van der Waals surface area contributed by atoms with Crippen molar-refractivity contribution >= 4 is 5.97 Å². The molecule has 0 fully saturated rings. The maximum atomic E-state index is 11.3. The van der Waals surface area contributed by atoms with Crippen LogP contribution in [-0.4, -0.2) is 34.3 Å². The number of fused-ring (bicyclic) bond motifs is 1. The fraction of sp³-hybridized carbons (Fsp3) is 0.375. The highest BCUT2D eigenvalue weighted by Gasteiger charge is 2.26. The van der Waals surface area contributed by atoms with Crippen LogP contribution in [0.15, 0.2) is 12.1 Å². The van der Waals surface area contributed by atoms with Gasteiger partial charge in [0, 0.05) is 31.2 Å². The van der Waals surface area contributed by atoms with Crippen molar-refractivity contribution in [1.29, 1.82) is 0 Å². The zero-order chi connectivity index (χ0) is 15.1. The molecule has 5 heteroatoms. The van der Waals surface area contributed by atoms with Crippen LogP contribution in [0.4, 0.5) is 0 Å². The van der Waals surface area contributed by atoms with Crippen LogP contribution in [0, 0.1) is 13.8 Å². The molecule has 1 heterocycles. The summed E-state index contributed by atoms with van der Waals surface area (Å²) in [5.74, 6) is -0.153. The largest absolute Gasteiger partial charge is 0.478 e. The quantitative estimate of drug-likeness (QED) is 0.909. The van der Waals surface area contributed by atoms with Gasteiger partial charge in [0.05, 0.1) is 17.4 Å². The number of ether oxygens (including phenoxy) is 1. The molecule has 0 aliphatic heterocycles. The third-order valence-corrected chi connectivity index (χ3v) is 4.19. The summed E-state index contributed by atoms with van der Waals surface area (Å²) in [4.78, 5) is 19.3. The second-order valence-electron chi connectivity index (χ2n) is 5.51. The summed E-state index contributed by atoms with van der Waals surface area (Å²) in [6.45, 7) is 3.80. The molecule has 0 radical (unpaired) electrons. The number of carboxylic acid groups (broad SMARTS) is 1. The SMILES string of the molecule is COC1Cc2nc(-c3c(C)ccc(C(=O)O)c3C)[nH]c2C1. The smallest absolute Gasteiger partial charge is 0.335 e. The Bertz CT molecular complexity index is 695. The number of benzene rings is 1. The Morgan fingerprint density at radius 2 is 2.14 bits per heavy atom. The minimum atomic E-state index is -0.910. The molecule has 0 spiro atoms. The van der Waals surface area contributed by atoms with E-state index in [0.717, 1.165) is 46.7 Å². The topological polar surface area (TPSA) is 75.2 Å². The monoisotopic (exact) mass is 286 g/mol. The maximum absolute atomic E-state index is 11.3. The number of H-pyrrole nitrogens is 1. The van der Waals surface area contributed by atoms with Gasteiger partial charge in [-0.3, -0.25) is 0 Å². The number of carboxylic acids is 1. The van der Waals surface area contributed by atoms with Gasteiger partial charge in [-0.15, -0.1) is 0 Å². The lowest BCUT2D eigenvalue weighted by atomic mass is 9.97. The van der Waals surface area contributed by atoms with Crippen molar-refractivity contribution in [3.63, 3.8) is 0 Å². The molecular weight excluding hydrogens is 268 g/mol. The van der Waals surface area contributed by atoms with Crippen molar-refractivity contribution < 1.29 is 14.6 Å². The number of imidazole rings is 1. The van der Waals surface area contributed by atoms with Crippen molar-refractivity contribution in [3.8, 4) is 11.4 Å². The molecule has 1 aromatic heterocycles. The van der Waals surface area contributed by atoms with Crippen molar-refractivity contribution in [2.45, 2.75) is 32.8 Å². The molecule has 0 saturated carbocycles. The second kappa shape index (κ2) is 5.00. The summed E-state index contributed by atoms with van der Waals surface area (Å²) in [6.07, 6.45) is 1.83. The van der Waals surface area contributed by atoms with Crippen LogP contribution in [0.1, 0.15) is 32.9 Å². The molecule has 3 rings (SSSR count). The first-order valence-corrected chi connectivity index (χ1v) is 6.95. The molecule has 2 aromatic rings. The van der Waals surface area contributed by atoms with Gasteiger partial charge < -0.3 is 14.8 Å². The van der Waals surface area contributed by atoms with Crippen molar-refractivity contribution in [2.24, 2.45) is 0 Å². The third kappa shape index (κ3) is 2.23. The van der Waals surface area contributed by atoms with Crippen LogP contribution in [0.2, 0.25) is 0 Å². The summed E-state index contributed by atoms with van der Waals surface area (Å²) in [6, 6.07) is 3.48. The van der Waals surface area contributed by atoms with Crippen LogP contribution in [-0.2, 0) is 17.6 Å². The van der Waals surface area contributed by atoms with Crippen LogP contribution in [0.5, 0.6) is 0 Å². The normalized spacial score (nSPS) is 14.4. The highest BCUT2D eigenvalue weighted by molar-refractivity contribution is 5.92. The highest BCUT2D eigenvalue weighted by Crippen LogP contribution is 2.31. The summed E-state index contributed by atoms with van der Waals surface area (Å²) in [5.41, 5.74) is 5.10. The number of aromatic carboxylic acids is 1. The summed E-state index contributed by atoms with van der Waals surface area (Å²) >= 11 is 0. The summed E-state index contributed by atoms with van der Waals surface area (Å²) in [5, 5.41) is 9.26. The fourth-order valence-corrected chi connectivity index (χ4v) is 3.03. The van der Waals surface area contributed by atoms with Crippen LogP contribution >= 0.6 is 0 Å². The number of aromatic amines is 1. The van der Waals surface area contributed by atoms with E-state index in [1.807, 2.05) is 19.9 Å². The van der Waals surface area contributed by atoms with E-state index in [2.05, 4.69) is 9.97 Å². The molecule has 1 atom stereocenters. The average Bonchev–Trinajstić information content (AvgIpc) is 2.96. The van der Waals surface area contributed by atoms with Gasteiger partial charge in [-0.1, -0.05) is 6.07 Å². The Kier molecular flexibility index (Phi) is 3.29. The zero-order valence-electron chi connectivity index (χ0n) is 12.4. The lowest BCUT2D eigenvalue weighted by Crippen LogP contribution is -2.10. The maximum Gasteiger partial charge on any atom is 0.335 e. The number of aryl methyl sites for hydroxylation is 1. The van der Waals surface area contributed by atoms with Gasteiger partial charge in [-0.2, -0.15) is 0 Å². The van der Waals surface area contributed by atoms with E-state index in [0.29, 0.717) is 5.56 Å². The molecule has 1 aromatic carbocycles. The van der Waals surface area contributed by atoms with Crippen molar-refractivity contribution in [2.75, 3.05) is 7.11 Å². The lowest BCUT2D eigenvalue weighted by Gasteiger charge is -2.11. The Balaban J connectivity index is 2.06. The van der Waals surface area contributed by atoms with Gasteiger partial charge in [-0.25, -0.2) is 9.78 Å². The third-order valence-electron chi connectivity index (χ3n) is 4.19. The number of nitrogens with zero attached hydrogens (tertiary/aromatic N) is 1. The molecule has 0 bridgehead atoms. The Morgan fingerprint density at radius 3 is 2.76 bits per heavy atom. The lowest BCUT2D eigenvalue weighted by molar-refractivity contribution is 0.0696. The van der Waals surface area contributed by atoms with E-state index in [4.69, 9.17) is 4.74 Å². The van der Waals surface area contributed by atoms with Gasteiger partial charge in [0.25, 0.3) is 0 Å². The standard InChI is InChI=1S/C16H18N2O3/c1-8-4-5-11(16(19)20)9(2)14(8)15-17-12-6-10(21-3)7-13(12)18-15/h4-5,10H,6-7H2,1-3H3,(H,17,18)(H,19,20). The molecule has 1 unspecified atom stereocenters. The average molecular weight is 286 g/mol. The van der Waals surface area contributed by atoms with Gasteiger partial charge >= 0.3 is 5.97 Å². The molecule has 21 heavy (non-hydrogen) atoms. The Morgan fingerprint density at radius 1 is 1.38 bits per heavy atom. The van der Waals surface area contributed by atoms with E-state index in [-0.39, 0.29) is 6.10 Å². The number of rotatable bonds is 3. The number of methoxy groups -OCH3 is 1. The number of hydrogen-bond donors (Lipinski definition) is 2. The minimum absolute atomic E-state index is 0.195. The number of carbonyl (C=O) groups is 1. The van der Waals surface area contributed by atoms with Crippen LogP contribution < -0.4 is 0 Å². The van der Waals surface area contributed by atoms with E-state index < -0.39 is 5.97 Å². The zero-order valence-corrected chi connectivity index (χ0v) is 12.4. The highest BCUT2D eigenvalue weighted by atomic mass is 16.5. The Labute approximate surface area is 123 Å². The first-order chi connectivity index (χ1) is 10.0. The number of hydrogen-bond acceptors (Lipinski definition) is 3. The van der Waals surface area contributed by atoms with Gasteiger partial charge in [0.1, 0.15) is 5.82 Å². The van der Waals surface area contributed by atoms with Crippen molar-refractivity contribution in [3.05, 3.63) is 40.2 Å². The van der Waals surface area contributed by atoms with Gasteiger partial charge in [0.15, 0.2) is 0 Å². The van der Waals surface area contributed by atoms with Crippen molar-refractivity contribution in [1.82, 2.24) is 9.97 Å². The van der Waals surface area contributed by atoms with Crippen LogP contribution in [0.25, 0.3) is 11.4 Å². The number of nitrogens with one attached hydrogen (secondary N) is 1. The van der Waals surface area contributed by atoms with Gasteiger partial charge in [0.2, 0.25) is 0 Å². The first-order valence-electron chi connectivity index (χ1n) is 6.95. The molecule has 2 N–H and O–H groups in total. The molecule has 0 amide bonds. The summed E-state index contributed by atoms with van der Waals surface area (Å²) in [7, 11) is 1.71. The van der Waals surface area contributed by atoms with E-state index in [1.54, 1.807) is 13.2 Å². The number of aromatic nitrogens is 2. The van der Waals surface area contributed by atoms with E-state index >= 15 is 0 Å². The molecule has 0 saturated heterocycles. The predicted molar refractivity (Wildman–Crippen MR) is 78.7 cm³/mol. The Hall–Kier alpha value is -2.14. The molecule has 5 nitrogen and oxygen atoms in total. The predicted octanol–water partition coefficient (Wildman–Crippen LogP) is 2.51. The van der Waals surface area contributed by atoms with Crippen LogP contribution in [0.3, 0.4) is 0 Å². The molecule has 1 aliphatic rings. The van der Waals surface area contributed by atoms with Gasteiger partial charge in [-0.05, 0) is 31.0 Å². The summed E-state index contributed by atoms with van der Waals surface area (Å²) < 4.78 is 5.36. The molecule has 110 valence electrons. The van der Waals surface area contributed by atoms with E-state index in [1.165, 1.54) is 0 Å². The first kappa shape index (κ1) is 13.8. The molecular formula is C16H18N2O3. The molecule has 1 aliphatic carbocycles. The second-order valence-corrected chi connectivity index (χ2v) is 5.51.